The van der Waals surface area contributed by atoms with Crippen molar-refractivity contribution >= 4 is 40.0 Å². The molecule has 0 radical (unpaired) electrons. The van der Waals surface area contributed by atoms with Crippen LogP contribution in [-0.4, -0.2) is 4.98 Å². The van der Waals surface area contributed by atoms with Gasteiger partial charge in [0.2, 0.25) is 0 Å². The fraction of sp³-hybridized carbons (Fsp3) is 0. The maximum atomic E-state index is 6.00. The SMILES string of the molecule is NSc1ccc(-c2nc(N)sc2Cl)cc1. The molecule has 0 bridgehead atoms. The Bertz CT molecular complexity index is 467. The molecule has 1 heterocycles. The van der Waals surface area contributed by atoms with Crippen LogP contribution in [0.1, 0.15) is 0 Å². The van der Waals surface area contributed by atoms with Crippen molar-refractivity contribution in [1.82, 2.24) is 4.98 Å². The molecular formula is C9H8ClN3S2. The summed E-state index contributed by atoms with van der Waals surface area (Å²) in [5.41, 5.74) is 7.25. The van der Waals surface area contributed by atoms with Crippen LogP contribution >= 0.6 is 34.9 Å². The highest BCUT2D eigenvalue weighted by Crippen LogP contribution is 2.34. The lowest BCUT2D eigenvalue weighted by Crippen LogP contribution is -1.84. The highest BCUT2D eigenvalue weighted by atomic mass is 35.5. The molecule has 0 atom stereocenters. The Morgan fingerprint density at radius 3 is 2.40 bits per heavy atom. The summed E-state index contributed by atoms with van der Waals surface area (Å²) in [6, 6.07) is 7.70. The molecule has 2 aromatic rings. The first kappa shape index (κ1) is 10.8. The van der Waals surface area contributed by atoms with E-state index in [1.807, 2.05) is 24.3 Å². The number of rotatable bonds is 2. The quantitative estimate of drug-likeness (QED) is 0.812. The van der Waals surface area contributed by atoms with Gasteiger partial charge in [0.15, 0.2) is 5.13 Å². The fourth-order valence-electron chi connectivity index (χ4n) is 1.19. The summed E-state index contributed by atoms with van der Waals surface area (Å²) in [5.74, 6) is 0. The second-order valence-electron chi connectivity index (χ2n) is 2.82. The van der Waals surface area contributed by atoms with Crippen molar-refractivity contribution in [3.05, 3.63) is 28.6 Å². The Morgan fingerprint density at radius 1 is 1.27 bits per heavy atom. The van der Waals surface area contributed by atoms with Crippen LogP contribution in [-0.2, 0) is 0 Å². The van der Waals surface area contributed by atoms with Crippen molar-refractivity contribution in [3.63, 3.8) is 0 Å². The minimum Gasteiger partial charge on any atom is -0.375 e. The van der Waals surface area contributed by atoms with Gasteiger partial charge in [-0.25, -0.2) is 4.98 Å². The monoisotopic (exact) mass is 257 g/mol. The van der Waals surface area contributed by atoms with E-state index in [9.17, 15) is 0 Å². The predicted octanol–water partition coefficient (Wildman–Crippen LogP) is 3.01. The molecule has 0 aliphatic carbocycles. The lowest BCUT2D eigenvalue weighted by Gasteiger charge is -1.99. The number of nitrogens with zero attached hydrogens (tertiary/aromatic N) is 1. The molecule has 1 aromatic heterocycles. The summed E-state index contributed by atoms with van der Waals surface area (Å²) in [4.78, 5) is 5.16. The fourth-order valence-corrected chi connectivity index (χ4v) is 2.45. The van der Waals surface area contributed by atoms with Gasteiger partial charge in [-0.15, -0.1) is 0 Å². The molecule has 0 fully saturated rings. The van der Waals surface area contributed by atoms with Gasteiger partial charge in [-0.3, -0.25) is 5.14 Å². The zero-order valence-corrected chi connectivity index (χ0v) is 9.99. The van der Waals surface area contributed by atoms with E-state index in [0.29, 0.717) is 9.47 Å². The number of anilines is 1. The van der Waals surface area contributed by atoms with E-state index in [1.165, 1.54) is 23.3 Å². The number of aromatic nitrogens is 1. The molecule has 0 spiro atoms. The molecular weight excluding hydrogens is 250 g/mol. The zero-order valence-electron chi connectivity index (χ0n) is 7.61. The Kier molecular flexibility index (Phi) is 3.16. The number of nitrogens with two attached hydrogens (primary N) is 2. The summed E-state index contributed by atoms with van der Waals surface area (Å²) < 4.78 is 0.612. The number of benzene rings is 1. The average molecular weight is 258 g/mol. The van der Waals surface area contributed by atoms with Gasteiger partial charge in [-0.05, 0) is 24.1 Å². The van der Waals surface area contributed by atoms with E-state index in [-0.39, 0.29) is 0 Å². The van der Waals surface area contributed by atoms with Crippen molar-refractivity contribution in [1.29, 1.82) is 0 Å². The van der Waals surface area contributed by atoms with Crippen molar-refractivity contribution in [3.8, 4) is 11.3 Å². The van der Waals surface area contributed by atoms with Crippen LogP contribution in [0.4, 0.5) is 5.13 Å². The van der Waals surface area contributed by atoms with Gasteiger partial charge in [0, 0.05) is 10.5 Å². The molecule has 15 heavy (non-hydrogen) atoms. The topological polar surface area (TPSA) is 64.9 Å². The number of hydrogen-bond donors (Lipinski definition) is 2. The molecule has 3 nitrogen and oxygen atoms in total. The number of nitrogen functional groups attached to an aromatic ring is 1. The van der Waals surface area contributed by atoms with E-state index >= 15 is 0 Å². The van der Waals surface area contributed by atoms with Crippen molar-refractivity contribution in [2.24, 2.45) is 5.14 Å². The van der Waals surface area contributed by atoms with E-state index in [0.717, 1.165) is 16.2 Å². The van der Waals surface area contributed by atoms with Crippen molar-refractivity contribution in [2.75, 3.05) is 5.73 Å². The van der Waals surface area contributed by atoms with Crippen LogP contribution in [0.2, 0.25) is 4.34 Å². The molecule has 0 saturated heterocycles. The number of thiazole rings is 1. The van der Waals surface area contributed by atoms with Crippen molar-refractivity contribution < 1.29 is 0 Å². The van der Waals surface area contributed by atoms with Crippen molar-refractivity contribution in [2.45, 2.75) is 4.90 Å². The molecule has 0 aliphatic heterocycles. The third-order valence-electron chi connectivity index (χ3n) is 1.87. The molecule has 0 saturated carbocycles. The normalized spacial score (nSPS) is 10.5. The average Bonchev–Trinajstić information content (AvgIpc) is 2.58. The Hall–Kier alpha value is -0.750. The van der Waals surface area contributed by atoms with Crippen LogP contribution < -0.4 is 10.9 Å². The molecule has 4 N–H and O–H groups in total. The van der Waals surface area contributed by atoms with Gasteiger partial charge in [0.25, 0.3) is 0 Å². The van der Waals surface area contributed by atoms with Gasteiger partial charge in [-0.1, -0.05) is 35.1 Å². The Balaban J connectivity index is 2.41. The van der Waals surface area contributed by atoms with Gasteiger partial charge >= 0.3 is 0 Å². The first-order valence-electron chi connectivity index (χ1n) is 4.09. The van der Waals surface area contributed by atoms with Gasteiger partial charge in [0.05, 0.1) is 0 Å². The predicted molar refractivity (Wildman–Crippen MR) is 67.0 cm³/mol. The standard InChI is InChI=1S/C9H8ClN3S2/c10-8-7(13-9(11)14-8)5-1-3-6(15-12)4-2-5/h1-4H,12H2,(H2,11,13). The van der Waals surface area contributed by atoms with Crippen LogP contribution in [0, 0.1) is 0 Å². The number of halogens is 1. The Morgan fingerprint density at radius 2 is 1.93 bits per heavy atom. The third-order valence-corrected chi connectivity index (χ3v) is 3.49. The lowest BCUT2D eigenvalue weighted by molar-refractivity contribution is 1.39. The largest absolute Gasteiger partial charge is 0.375 e. The van der Waals surface area contributed by atoms with E-state index in [4.69, 9.17) is 22.5 Å². The van der Waals surface area contributed by atoms with Crippen LogP contribution in [0.3, 0.4) is 0 Å². The highest BCUT2D eigenvalue weighted by Gasteiger charge is 2.09. The van der Waals surface area contributed by atoms with Crippen LogP contribution in [0.15, 0.2) is 29.2 Å². The molecule has 6 heteroatoms. The molecule has 0 aliphatic rings. The van der Waals surface area contributed by atoms with E-state index in [2.05, 4.69) is 4.98 Å². The maximum absolute atomic E-state index is 6.00. The third kappa shape index (κ3) is 2.26. The second-order valence-corrected chi connectivity index (χ2v) is 5.16. The van der Waals surface area contributed by atoms with E-state index < -0.39 is 0 Å². The molecule has 0 unspecified atom stereocenters. The minimum absolute atomic E-state index is 0.479. The lowest BCUT2D eigenvalue weighted by atomic mass is 10.2. The first-order valence-corrected chi connectivity index (χ1v) is 6.17. The summed E-state index contributed by atoms with van der Waals surface area (Å²) in [5, 5.41) is 5.91. The summed E-state index contributed by atoms with van der Waals surface area (Å²) in [7, 11) is 0. The van der Waals surface area contributed by atoms with Gasteiger partial charge < -0.3 is 5.73 Å². The van der Waals surface area contributed by atoms with Gasteiger partial charge in [0.1, 0.15) is 10.0 Å². The van der Waals surface area contributed by atoms with Crippen LogP contribution in [0.25, 0.3) is 11.3 Å². The smallest absolute Gasteiger partial charge is 0.182 e. The first-order chi connectivity index (χ1) is 7.20. The number of hydrogen-bond acceptors (Lipinski definition) is 5. The molecule has 0 amide bonds. The zero-order chi connectivity index (χ0) is 10.8. The van der Waals surface area contributed by atoms with E-state index in [1.54, 1.807) is 0 Å². The maximum Gasteiger partial charge on any atom is 0.182 e. The molecule has 1 aromatic carbocycles. The highest BCUT2D eigenvalue weighted by molar-refractivity contribution is 7.97. The van der Waals surface area contributed by atoms with Gasteiger partial charge in [-0.2, -0.15) is 0 Å². The molecule has 78 valence electrons. The second kappa shape index (κ2) is 4.40. The molecule has 2 rings (SSSR count). The minimum atomic E-state index is 0.479. The Labute approximate surface area is 101 Å². The summed E-state index contributed by atoms with van der Waals surface area (Å²) >= 11 is 8.48. The summed E-state index contributed by atoms with van der Waals surface area (Å²) in [6.45, 7) is 0. The summed E-state index contributed by atoms with van der Waals surface area (Å²) in [6.07, 6.45) is 0. The van der Waals surface area contributed by atoms with Crippen LogP contribution in [0.5, 0.6) is 0 Å².